The summed E-state index contributed by atoms with van der Waals surface area (Å²) in [6, 6.07) is 22.9. The van der Waals surface area contributed by atoms with Gasteiger partial charge in [-0.1, -0.05) is 41.9 Å². The molecule has 2 amide bonds. The molecule has 8 rings (SSSR count). The molecule has 5 heterocycles. The Morgan fingerprint density at radius 2 is 1.77 bits per heavy atom. The number of carbonyl (C=O) groups excluding carboxylic acids is 3. The molecule has 52 heavy (non-hydrogen) atoms. The minimum Gasteiger partial charge on any atom is -0.381 e. The third-order valence-electron chi connectivity index (χ3n) is 10.4. The number of para-hydroxylation sites is 1. The number of halogens is 2. The van der Waals surface area contributed by atoms with E-state index in [0.29, 0.717) is 51.1 Å². The van der Waals surface area contributed by atoms with Crippen LogP contribution in [0, 0.1) is 18.2 Å². The van der Waals surface area contributed by atoms with Gasteiger partial charge in [0.05, 0.1) is 21.2 Å². The molecule has 11 heteroatoms. The lowest BCUT2D eigenvalue weighted by Crippen LogP contribution is -2.59. The van der Waals surface area contributed by atoms with Crippen molar-refractivity contribution < 1.29 is 23.5 Å². The topological polar surface area (TPSA) is 91.8 Å². The van der Waals surface area contributed by atoms with Gasteiger partial charge in [-0.25, -0.2) is 9.37 Å². The van der Waals surface area contributed by atoms with Crippen molar-refractivity contribution in [2.45, 2.75) is 32.6 Å². The second-order valence-electron chi connectivity index (χ2n) is 13.8. The summed E-state index contributed by atoms with van der Waals surface area (Å²) in [5.41, 5.74) is 5.39. The van der Waals surface area contributed by atoms with E-state index in [0.717, 1.165) is 66.4 Å². The lowest BCUT2D eigenvalue weighted by atomic mass is 9.73. The van der Waals surface area contributed by atoms with Crippen LogP contribution in [0.1, 0.15) is 59.9 Å². The summed E-state index contributed by atoms with van der Waals surface area (Å²) < 4.78 is 20.1. The van der Waals surface area contributed by atoms with Crippen molar-refractivity contribution in [3.8, 4) is 10.4 Å². The minimum absolute atomic E-state index is 0.00693. The number of anilines is 3. The molecule has 3 aliphatic rings. The zero-order chi connectivity index (χ0) is 36.0. The van der Waals surface area contributed by atoms with E-state index < -0.39 is 0 Å². The Balaban J connectivity index is 0.976. The third-order valence-corrected chi connectivity index (χ3v) is 11.9. The second kappa shape index (κ2) is 13.9. The van der Waals surface area contributed by atoms with Crippen molar-refractivity contribution in [2.24, 2.45) is 5.41 Å². The van der Waals surface area contributed by atoms with Gasteiger partial charge in [0.15, 0.2) is 5.78 Å². The van der Waals surface area contributed by atoms with Gasteiger partial charge in [0.1, 0.15) is 11.6 Å². The smallest absolute Gasteiger partial charge is 0.259 e. The highest BCUT2D eigenvalue weighted by molar-refractivity contribution is 7.17. The zero-order valence-corrected chi connectivity index (χ0v) is 30.2. The second-order valence-corrected chi connectivity index (χ2v) is 15.3. The third kappa shape index (κ3) is 6.51. The number of nitrogens with one attached hydrogen (secondary N) is 1. The fraction of sp³-hybridized carbons (Fsp3) is 0.268. The van der Waals surface area contributed by atoms with E-state index in [9.17, 15) is 18.8 Å². The van der Waals surface area contributed by atoms with E-state index in [4.69, 9.17) is 16.3 Å². The number of Topliss-reactive ketones (excluding diaryl/α,β-unsaturated/α-hetero) is 1. The Morgan fingerprint density at radius 1 is 1.00 bits per heavy atom. The highest BCUT2D eigenvalue weighted by Gasteiger charge is 2.45. The van der Waals surface area contributed by atoms with Crippen LogP contribution in [-0.4, -0.2) is 55.4 Å². The van der Waals surface area contributed by atoms with Gasteiger partial charge in [0.2, 0.25) is 0 Å². The predicted molar refractivity (Wildman–Crippen MR) is 203 cm³/mol. The number of amides is 2. The monoisotopic (exact) mass is 734 g/mol. The first-order valence-corrected chi connectivity index (χ1v) is 18.6. The van der Waals surface area contributed by atoms with Crippen molar-refractivity contribution in [3.05, 3.63) is 129 Å². The number of nitrogens with zero attached hydrogens (tertiary/aromatic N) is 3. The molecule has 3 aromatic carbocycles. The molecule has 1 spiro atoms. The number of ether oxygens (including phenoxy) is 1. The molecule has 1 N–H and O–H groups in total. The average Bonchev–Trinajstić information content (AvgIpc) is 3.51. The molecule has 0 radical (unpaired) electrons. The number of benzene rings is 3. The Bertz CT molecular complexity index is 2190. The molecule has 0 saturated carbocycles. The summed E-state index contributed by atoms with van der Waals surface area (Å²) in [5, 5.41) is 3.34. The van der Waals surface area contributed by atoms with Crippen LogP contribution in [-0.2, 0) is 17.6 Å². The summed E-state index contributed by atoms with van der Waals surface area (Å²) in [4.78, 5) is 50.8. The number of carbonyl (C=O) groups is 3. The number of hydrogen-bond acceptors (Lipinski definition) is 7. The van der Waals surface area contributed by atoms with Gasteiger partial charge < -0.3 is 19.9 Å². The Morgan fingerprint density at radius 3 is 2.54 bits per heavy atom. The molecule has 2 aromatic heterocycles. The molecule has 0 atom stereocenters. The Kier molecular flexibility index (Phi) is 9.15. The summed E-state index contributed by atoms with van der Waals surface area (Å²) >= 11 is 7.68. The molecular formula is C41H36ClFN4O4S. The number of ketones is 1. The standard InChI is InChI=1S/C41H36ClFN4O4S/c1-25-5-4-7-33(43)31(25)21-35(48)36-19-27-13-16-47(34-8-3-2-6-30(34)37(27)52-36)40(50)26-9-11-29(12-10-26)45-39(49)32-20-28(42)22-44-38(32)46-23-41(24-46)14-17-51-18-15-41/h2-12,19-20,22H,13-18,21,23-24H2,1H3,(H,45,49). The molecule has 264 valence electrons. The maximum absolute atomic E-state index is 14.5. The van der Waals surface area contributed by atoms with Gasteiger partial charge >= 0.3 is 0 Å². The summed E-state index contributed by atoms with van der Waals surface area (Å²) in [6.45, 7) is 5.39. The molecule has 8 nitrogen and oxygen atoms in total. The van der Waals surface area contributed by atoms with E-state index in [1.54, 1.807) is 47.5 Å². The number of aryl methyl sites for hydroxylation is 1. The van der Waals surface area contributed by atoms with Crippen molar-refractivity contribution in [1.29, 1.82) is 0 Å². The van der Waals surface area contributed by atoms with Crippen LogP contribution in [0.3, 0.4) is 0 Å². The van der Waals surface area contributed by atoms with Crippen molar-refractivity contribution in [2.75, 3.05) is 48.0 Å². The predicted octanol–water partition coefficient (Wildman–Crippen LogP) is 8.41. The van der Waals surface area contributed by atoms with Gasteiger partial charge in [-0.15, -0.1) is 11.3 Å². The van der Waals surface area contributed by atoms with E-state index in [1.165, 1.54) is 17.4 Å². The quantitative estimate of drug-likeness (QED) is 0.169. The lowest BCUT2D eigenvalue weighted by Gasteiger charge is -2.53. The van der Waals surface area contributed by atoms with Crippen LogP contribution < -0.4 is 15.1 Å². The number of rotatable bonds is 7. The van der Waals surface area contributed by atoms with E-state index in [-0.39, 0.29) is 35.3 Å². The summed E-state index contributed by atoms with van der Waals surface area (Å²) in [5.74, 6) is -0.398. The molecule has 5 aromatic rings. The molecular weight excluding hydrogens is 699 g/mol. The van der Waals surface area contributed by atoms with E-state index in [1.807, 2.05) is 43.3 Å². The van der Waals surface area contributed by atoms with Gasteiger partial charge in [-0.05, 0) is 91.4 Å². The minimum atomic E-state index is -0.375. The molecule has 0 unspecified atom stereocenters. The lowest BCUT2D eigenvalue weighted by molar-refractivity contribution is -0.000510. The fourth-order valence-electron chi connectivity index (χ4n) is 7.52. The Labute approximate surface area is 310 Å². The van der Waals surface area contributed by atoms with Crippen LogP contribution in [0.5, 0.6) is 0 Å². The average molecular weight is 735 g/mol. The number of hydrogen-bond donors (Lipinski definition) is 1. The number of pyridine rings is 1. The number of aromatic nitrogens is 1. The van der Waals surface area contributed by atoms with Gasteiger partial charge in [-0.3, -0.25) is 14.4 Å². The maximum atomic E-state index is 14.5. The Hall–Kier alpha value is -4.90. The van der Waals surface area contributed by atoms with Crippen LogP contribution >= 0.6 is 22.9 Å². The summed E-state index contributed by atoms with van der Waals surface area (Å²) in [6.07, 6.45) is 4.11. The molecule has 2 fully saturated rings. The number of fused-ring (bicyclic) bond motifs is 3. The first-order valence-electron chi connectivity index (χ1n) is 17.4. The van der Waals surface area contributed by atoms with Crippen molar-refractivity contribution >= 4 is 57.7 Å². The highest BCUT2D eigenvalue weighted by atomic mass is 35.5. The van der Waals surface area contributed by atoms with Crippen molar-refractivity contribution in [1.82, 2.24) is 4.98 Å². The van der Waals surface area contributed by atoms with Gasteiger partial charge in [0.25, 0.3) is 11.8 Å². The molecule has 0 aliphatic carbocycles. The highest BCUT2D eigenvalue weighted by Crippen LogP contribution is 2.44. The van der Waals surface area contributed by atoms with Crippen LogP contribution in [0.25, 0.3) is 10.4 Å². The van der Waals surface area contributed by atoms with Crippen LogP contribution in [0.2, 0.25) is 5.02 Å². The first-order chi connectivity index (χ1) is 25.2. The van der Waals surface area contributed by atoms with Crippen LogP contribution in [0.15, 0.2) is 85.1 Å². The first kappa shape index (κ1) is 34.2. The maximum Gasteiger partial charge on any atom is 0.259 e. The fourth-order valence-corrected chi connectivity index (χ4v) is 8.86. The normalized spacial score (nSPS) is 16.1. The molecule has 3 aliphatic heterocycles. The number of thiophene rings is 1. The molecule has 2 saturated heterocycles. The SMILES string of the molecule is Cc1cccc(F)c1CC(=O)c1cc2c(s1)-c1ccccc1N(C(=O)c1ccc(NC(=O)c3cc(Cl)cnc3N3CC4(CCOCC4)C3)cc1)CC2. The van der Waals surface area contributed by atoms with Gasteiger partial charge in [0, 0.05) is 72.6 Å². The molecule has 0 bridgehead atoms. The van der Waals surface area contributed by atoms with Gasteiger partial charge in [-0.2, -0.15) is 0 Å². The van der Waals surface area contributed by atoms with Crippen molar-refractivity contribution in [3.63, 3.8) is 0 Å². The van der Waals surface area contributed by atoms with Crippen LogP contribution in [0.4, 0.5) is 21.6 Å². The largest absolute Gasteiger partial charge is 0.381 e. The zero-order valence-electron chi connectivity index (χ0n) is 28.6. The van der Waals surface area contributed by atoms with E-state index in [2.05, 4.69) is 15.2 Å². The summed E-state index contributed by atoms with van der Waals surface area (Å²) in [7, 11) is 0. The van der Waals surface area contributed by atoms with E-state index >= 15 is 0 Å².